The van der Waals surface area contributed by atoms with Gasteiger partial charge in [0.1, 0.15) is 0 Å². The fourth-order valence-electron chi connectivity index (χ4n) is 2.91. The van der Waals surface area contributed by atoms with Crippen LogP contribution in [0.25, 0.3) is 0 Å². The summed E-state index contributed by atoms with van der Waals surface area (Å²) in [5.41, 5.74) is 0. The zero-order chi connectivity index (χ0) is 14.0. The molecule has 2 fully saturated rings. The van der Waals surface area contributed by atoms with E-state index >= 15 is 0 Å². The third-order valence-corrected chi connectivity index (χ3v) is 5.95. The summed E-state index contributed by atoms with van der Waals surface area (Å²) in [5, 5.41) is 0. The summed E-state index contributed by atoms with van der Waals surface area (Å²) in [6.07, 6.45) is 0.909. The molecule has 6 heteroatoms. The normalized spacial score (nSPS) is 25.9. The van der Waals surface area contributed by atoms with Gasteiger partial charge in [0.25, 0.3) is 0 Å². The van der Waals surface area contributed by atoms with Gasteiger partial charge in [-0.05, 0) is 18.6 Å². The summed E-state index contributed by atoms with van der Waals surface area (Å²) >= 11 is 0. The van der Waals surface area contributed by atoms with Crippen molar-refractivity contribution in [2.75, 3.05) is 39.4 Å². The molecule has 2 saturated heterocycles. The van der Waals surface area contributed by atoms with Gasteiger partial charge in [-0.3, -0.25) is 4.90 Å². The molecule has 1 unspecified atom stereocenters. The molecule has 2 heterocycles. The quantitative estimate of drug-likeness (QED) is 0.827. The van der Waals surface area contributed by atoms with E-state index in [0.717, 1.165) is 32.7 Å². The van der Waals surface area contributed by atoms with Crippen molar-refractivity contribution in [2.45, 2.75) is 17.4 Å². The molecule has 1 aromatic carbocycles. The molecule has 0 bridgehead atoms. The predicted molar refractivity (Wildman–Crippen MR) is 76.0 cm³/mol. The Kier molecular flexibility index (Phi) is 4.07. The molecular formula is C14H20N2O3S. The minimum Gasteiger partial charge on any atom is -0.379 e. The Balaban J connectivity index is 1.70. The number of rotatable bonds is 3. The molecule has 0 saturated carbocycles. The van der Waals surface area contributed by atoms with Gasteiger partial charge in [0.15, 0.2) is 0 Å². The van der Waals surface area contributed by atoms with Gasteiger partial charge >= 0.3 is 0 Å². The highest BCUT2D eigenvalue weighted by Gasteiger charge is 2.35. The van der Waals surface area contributed by atoms with E-state index in [0.29, 0.717) is 24.0 Å². The van der Waals surface area contributed by atoms with Gasteiger partial charge in [0, 0.05) is 32.2 Å². The van der Waals surface area contributed by atoms with E-state index < -0.39 is 10.0 Å². The van der Waals surface area contributed by atoms with Gasteiger partial charge in [0.2, 0.25) is 10.0 Å². The lowest BCUT2D eigenvalue weighted by Crippen LogP contribution is -2.45. The first-order chi connectivity index (χ1) is 9.68. The molecule has 0 aromatic heterocycles. The van der Waals surface area contributed by atoms with E-state index in [9.17, 15) is 8.42 Å². The van der Waals surface area contributed by atoms with Crippen molar-refractivity contribution in [2.24, 2.45) is 0 Å². The number of nitrogens with zero attached hydrogens (tertiary/aromatic N) is 2. The standard InChI is InChI=1S/C14H20N2O3S/c17-20(18,14-4-2-1-3-5-14)16-7-6-13(12-16)15-8-10-19-11-9-15/h1-5,13H,6-12H2. The summed E-state index contributed by atoms with van der Waals surface area (Å²) in [7, 11) is -3.33. The zero-order valence-corrected chi connectivity index (χ0v) is 12.3. The average molecular weight is 296 g/mol. The molecule has 0 N–H and O–H groups in total. The third kappa shape index (κ3) is 2.74. The van der Waals surface area contributed by atoms with Gasteiger partial charge in [0.05, 0.1) is 18.1 Å². The van der Waals surface area contributed by atoms with Crippen molar-refractivity contribution in [3.63, 3.8) is 0 Å². The Bertz CT molecular complexity index is 541. The van der Waals surface area contributed by atoms with Gasteiger partial charge in [-0.1, -0.05) is 18.2 Å². The maximum absolute atomic E-state index is 12.5. The SMILES string of the molecule is O=S(=O)(c1ccccc1)N1CCC(N2CCOCC2)C1. The van der Waals surface area contributed by atoms with Crippen LogP contribution >= 0.6 is 0 Å². The van der Waals surface area contributed by atoms with Crippen LogP contribution in [0, 0.1) is 0 Å². The van der Waals surface area contributed by atoms with E-state index in [1.165, 1.54) is 0 Å². The topological polar surface area (TPSA) is 49.9 Å². The molecule has 0 aliphatic carbocycles. The number of sulfonamides is 1. The molecule has 0 radical (unpaired) electrons. The minimum absolute atomic E-state index is 0.331. The number of ether oxygens (including phenoxy) is 1. The fourth-order valence-corrected chi connectivity index (χ4v) is 4.42. The van der Waals surface area contributed by atoms with Crippen LogP contribution in [0.1, 0.15) is 6.42 Å². The lowest BCUT2D eigenvalue weighted by atomic mass is 10.2. The van der Waals surface area contributed by atoms with E-state index in [1.54, 1.807) is 28.6 Å². The zero-order valence-electron chi connectivity index (χ0n) is 11.4. The molecule has 5 nitrogen and oxygen atoms in total. The van der Waals surface area contributed by atoms with E-state index in [4.69, 9.17) is 4.74 Å². The van der Waals surface area contributed by atoms with Gasteiger partial charge in [-0.2, -0.15) is 4.31 Å². The van der Waals surface area contributed by atoms with Crippen molar-refractivity contribution >= 4 is 10.0 Å². The fraction of sp³-hybridized carbons (Fsp3) is 0.571. The molecule has 0 spiro atoms. The van der Waals surface area contributed by atoms with Crippen LogP contribution in [0.4, 0.5) is 0 Å². The van der Waals surface area contributed by atoms with Gasteiger partial charge < -0.3 is 4.74 Å². The second kappa shape index (κ2) is 5.81. The molecule has 2 aliphatic rings. The lowest BCUT2D eigenvalue weighted by Gasteiger charge is -2.32. The van der Waals surface area contributed by atoms with Crippen molar-refractivity contribution in [1.29, 1.82) is 0 Å². The smallest absolute Gasteiger partial charge is 0.243 e. The monoisotopic (exact) mass is 296 g/mol. The van der Waals surface area contributed by atoms with Crippen molar-refractivity contribution < 1.29 is 13.2 Å². The highest BCUT2D eigenvalue weighted by molar-refractivity contribution is 7.89. The number of benzene rings is 1. The second-order valence-corrected chi connectivity index (χ2v) is 7.20. The maximum Gasteiger partial charge on any atom is 0.243 e. The van der Waals surface area contributed by atoms with Crippen LogP contribution in [0.5, 0.6) is 0 Å². The van der Waals surface area contributed by atoms with Crippen molar-refractivity contribution in [3.8, 4) is 0 Å². The van der Waals surface area contributed by atoms with E-state index in [1.807, 2.05) is 6.07 Å². The average Bonchev–Trinajstić information content (AvgIpc) is 3.00. The van der Waals surface area contributed by atoms with Gasteiger partial charge in [-0.15, -0.1) is 0 Å². The molecule has 110 valence electrons. The van der Waals surface area contributed by atoms with Crippen LogP contribution in [-0.2, 0) is 14.8 Å². The Morgan fingerprint density at radius 2 is 1.75 bits per heavy atom. The predicted octanol–water partition coefficient (Wildman–Crippen LogP) is 0.782. The Morgan fingerprint density at radius 3 is 2.45 bits per heavy atom. The molecule has 3 rings (SSSR count). The maximum atomic E-state index is 12.5. The highest BCUT2D eigenvalue weighted by atomic mass is 32.2. The van der Waals surface area contributed by atoms with Crippen molar-refractivity contribution in [1.82, 2.24) is 9.21 Å². The summed E-state index contributed by atoms with van der Waals surface area (Å²) in [6, 6.07) is 9.02. The molecule has 0 amide bonds. The van der Waals surface area contributed by atoms with E-state index in [-0.39, 0.29) is 0 Å². The van der Waals surface area contributed by atoms with Crippen molar-refractivity contribution in [3.05, 3.63) is 30.3 Å². The Hall–Kier alpha value is -0.950. The second-order valence-electron chi connectivity index (χ2n) is 5.27. The highest BCUT2D eigenvalue weighted by Crippen LogP contribution is 2.23. The molecule has 2 aliphatic heterocycles. The molecular weight excluding hydrogens is 276 g/mol. The Labute approximate surface area is 120 Å². The summed E-state index contributed by atoms with van der Waals surface area (Å²) in [4.78, 5) is 2.74. The Morgan fingerprint density at radius 1 is 1.05 bits per heavy atom. The van der Waals surface area contributed by atoms with Crippen LogP contribution in [-0.4, -0.2) is 63.1 Å². The van der Waals surface area contributed by atoms with Crippen LogP contribution in [0.3, 0.4) is 0 Å². The first kappa shape index (κ1) is 14.0. The number of morpholine rings is 1. The lowest BCUT2D eigenvalue weighted by molar-refractivity contribution is 0.0197. The first-order valence-corrected chi connectivity index (χ1v) is 8.49. The largest absolute Gasteiger partial charge is 0.379 e. The van der Waals surface area contributed by atoms with E-state index in [2.05, 4.69) is 4.90 Å². The number of hydrogen-bond donors (Lipinski definition) is 0. The van der Waals surface area contributed by atoms with Crippen LogP contribution in [0.15, 0.2) is 35.2 Å². The van der Waals surface area contributed by atoms with Crippen LogP contribution < -0.4 is 0 Å². The van der Waals surface area contributed by atoms with Crippen LogP contribution in [0.2, 0.25) is 0 Å². The number of hydrogen-bond acceptors (Lipinski definition) is 4. The molecule has 1 aromatic rings. The first-order valence-electron chi connectivity index (χ1n) is 7.05. The third-order valence-electron chi connectivity index (χ3n) is 4.07. The summed E-state index contributed by atoms with van der Waals surface area (Å²) in [6.45, 7) is 4.52. The van der Waals surface area contributed by atoms with Gasteiger partial charge in [-0.25, -0.2) is 8.42 Å². The summed E-state index contributed by atoms with van der Waals surface area (Å²) in [5.74, 6) is 0. The minimum atomic E-state index is -3.33. The molecule has 20 heavy (non-hydrogen) atoms. The summed E-state index contributed by atoms with van der Waals surface area (Å²) < 4.78 is 32.1. The molecule has 1 atom stereocenters.